The number of carbonyl (C=O) groups is 1. The highest BCUT2D eigenvalue weighted by Crippen LogP contribution is 2.36. The fourth-order valence-electron chi connectivity index (χ4n) is 4.19. The van der Waals surface area contributed by atoms with E-state index in [-0.39, 0.29) is 11.9 Å². The van der Waals surface area contributed by atoms with E-state index in [1.807, 2.05) is 30.0 Å². The first kappa shape index (κ1) is 15.5. The summed E-state index contributed by atoms with van der Waals surface area (Å²) < 4.78 is 0. The SMILES string of the molecule is CCC(=O)N(c1ccccn1)C(C)CN1CC2CCC(C2)C1. The first-order valence-electron chi connectivity index (χ1n) is 8.62. The van der Waals surface area contributed by atoms with E-state index in [9.17, 15) is 4.79 Å². The second-order valence-electron chi connectivity index (χ2n) is 6.92. The van der Waals surface area contributed by atoms with Crippen molar-refractivity contribution in [3.8, 4) is 0 Å². The molecule has 2 fully saturated rings. The van der Waals surface area contributed by atoms with Gasteiger partial charge in [0.1, 0.15) is 5.82 Å². The van der Waals surface area contributed by atoms with Gasteiger partial charge in [-0.25, -0.2) is 4.98 Å². The lowest BCUT2D eigenvalue weighted by Gasteiger charge is -2.37. The lowest BCUT2D eigenvalue weighted by molar-refractivity contribution is -0.118. The molecule has 2 bridgehead atoms. The fraction of sp³-hybridized carbons (Fsp3) is 0.667. The molecule has 1 saturated heterocycles. The number of fused-ring (bicyclic) bond motifs is 2. The van der Waals surface area contributed by atoms with Gasteiger partial charge in [0.2, 0.25) is 5.91 Å². The molecule has 4 heteroatoms. The Hall–Kier alpha value is -1.42. The number of piperidine rings is 1. The molecule has 2 heterocycles. The van der Waals surface area contributed by atoms with Crippen molar-refractivity contribution in [2.24, 2.45) is 11.8 Å². The molecule has 1 aromatic heterocycles. The van der Waals surface area contributed by atoms with Crippen LogP contribution in [0.3, 0.4) is 0 Å². The normalized spacial score (nSPS) is 25.9. The molecule has 3 unspecified atom stereocenters. The maximum absolute atomic E-state index is 12.4. The minimum atomic E-state index is 0.159. The molecule has 3 rings (SSSR count). The van der Waals surface area contributed by atoms with Gasteiger partial charge in [-0.1, -0.05) is 13.0 Å². The molecule has 1 aromatic rings. The number of amides is 1. The molecule has 3 atom stereocenters. The molecule has 0 aromatic carbocycles. The topological polar surface area (TPSA) is 36.4 Å². The van der Waals surface area contributed by atoms with E-state index in [0.29, 0.717) is 6.42 Å². The van der Waals surface area contributed by atoms with Crippen LogP contribution in [0.25, 0.3) is 0 Å². The third-order valence-corrected chi connectivity index (χ3v) is 5.11. The summed E-state index contributed by atoms with van der Waals surface area (Å²) in [5, 5.41) is 0. The molecule has 1 saturated carbocycles. The van der Waals surface area contributed by atoms with Crippen LogP contribution in [0, 0.1) is 11.8 Å². The molecule has 22 heavy (non-hydrogen) atoms. The van der Waals surface area contributed by atoms with Gasteiger partial charge in [-0.15, -0.1) is 0 Å². The van der Waals surface area contributed by atoms with Gasteiger partial charge in [0.05, 0.1) is 0 Å². The summed E-state index contributed by atoms with van der Waals surface area (Å²) in [6, 6.07) is 5.95. The average Bonchev–Trinajstić information content (AvgIpc) is 2.87. The van der Waals surface area contributed by atoms with Crippen molar-refractivity contribution in [3.05, 3.63) is 24.4 Å². The highest BCUT2D eigenvalue weighted by molar-refractivity contribution is 5.92. The molecule has 120 valence electrons. The van der Waals surface area contributed by atoms with Crippen LogP contribution < -0.4 is 4.90 Å². The van der Waals surface area contributed by atoms with Crippen molar-refractivity contribution in [3.63, 3.8) is 0 Å². The van der Waals surface area contributed by atoms with E-state index in [0.717, 1.165) is 24.2 Å². The van der Waals surface area contributed by atoms with Gasteiger partial charge < -0.3 is 4.90 Å². The number of hydrogen-bond donors (Lipinski definition) is 0. The van der Waals surface area contributed by atoms with Gasteiger partial charge in [-0.3, -0.25) is 9.69 Å². The summed E-state index contributed by atoms with van der Waals surface area (Å²) in [5.74, 6) is 2.71. The van der Waals surface area contributed by atoms with Gasteiger partial charge in [-0.2, -0.15) is 0 Å². The molecule has 1 aliphatic carbocycles. The van der Waals surface area contributed by atoms with Crippen molar-refractivity contribution in [2.45, 2.75) is 45.6 Å². The Morgan fingerprint density at radius 2 is 2.09 bits per heavy atom. The Balaban J connectivity index is 1.69. The minimum absolute atomic E-state index is 0.159. The lowest BCUT2D eigenvalue weighted by atomic mass is 9.98. The van der Waals surface area contributed by atoms with Crippen LogP contribution in [0.1, 0.15) is 39.5 Å². The predicted octanol–water partition coefficient (Wildman–Crippen LogP) is 2.95. The number of pyridine rings is 1. The summed E-state index contributed by atoms with van der Waals surface area (Å²) in [6.45, 7) is 7.44. The van der Waals surface area contributed by atoms with Crippen molar-refractivity contribution in [1.82, 2.24) is 9.88 Å². The van der Waals surface area contributed by atoms with E-state index in [1.54, 1.807) is 6.20 Å². The van der Waals surface area contributed by atoms with Crippen molar-refractivity contribution >= 4 is 11.7 Å². The molecule has 4 nitrogen and oxygen atoms in total. The number of likely N-dealkylation sites (tertiary alicyclic amines) is 1. The zero-order chi connectivity index (χ0) is 15.5. The number of rotatable bonds is 5. The third-order valence-electron chi connectivity index (χ3n) is 5.11. The second kappa shape index (κ2) is 6.78. The average molecular weight is 301 g/mol. The summed E-state index contributed by atoms with van der Waals surface area (Å²) in [4.78, 5) is 21.2. The number of anilines is 1. The Morgan fingerprint density at radius 1 is 1.36 bits per heavy atom. The Labute approximate surface area is 133 Å². The highest BCUT2D eigenvalue weighted by Gasteiger charge is 2.34. The van der Waals surface area contributed by atoms with Crippen molar-refractivity contribution < 1.29 is 4.79 Å². The number of carbonyl (C=O) groups excluding carboxylic acids is 1. The van der Waals surface area contributed by atoms with E-state index in [4.69, 9.17) is 0 Å². The molecule has 0 spiro atoms. The monoisotopic (exact) mass is 301 g/mol. The quantitative estimate of drug-likeness (QED) is 0.839. The highest BCUT2D eigenvalue weighted by atomic mass is 16.2. The smallest absolute Gasteiger partial charge is 0.228 e. The van der Waals surface area contributed by atoms with Crippen molar-refractivity contribution in [1.29, 1.82) is 0 Å². The summed E-state index contributed by atoms with van der Waals surface area (Å²) in [5.41, 5.74) is 0. The van der Waals surface area contributed by atoms with E-state index in [2.05, 4.69) is 16.8 Å². The van der Waals surface area contributed by atoms with Crippen molar-refractivity contribution in [2.75, 3.05) is 24.5 Å². The summed E-state index contributed by atoms with van der Waals surface area (Å²) in [7, 11) is 0. The van der Waals surface area contributed by atoms with Gasteiger partial charge in [0.15, 0.2) is 0 Å². The zero-order valence-electron chi connectivity index (χ0n) is 13.7. The molecular formula is C18H27N3O. The van der Waals surface area contributed by atoms with Gasteiger partial charge in [0.25, 0.3) is 0 Å². The first-order chi connectivity index (χ1) is 10.7. The largest absolute Gasteiger partial charge is 0.301 e. The van der Waals surface area contributed by atoms with Gasteiger partial charge in [0, 0.05) is 38.3 Å². The van der Waals surface area contributed by atoms with Crippen LogP contribution in [0.15, 0.2) is 24.4 Å². The zero-order valence-corrected chi connectivity index (χ0v) is 13.7. The third kappa shape index (κ3) is 3.32. The van der Waals surface area contributed by atoms with Crippen LogP contribution in [-0.2, 0) is 4.79 Å². The number of nitrogens with zero attached hydrogens (tertiary/aromatic N) is 3. The lowest BCUT2D eigenvalue weighted by Crippen LogP contribution is -2.48. The van der Waals surface area contributed by atoms with Gasteiger partial charge in [-0.05, 0) is 50.2 Å². The molecular weight excluding hydrogens is 274 g/mol. The Morgan fingerprint density at radius 3 is 2.68 bits per heavy atom. The van der Waals surface area contributed by atoms with Crippen LogP contribution >= 0.6 is 0 Å². The molecule has 1 aliphatic heterocycles. The molecule has 1 amide bonds. The van der Waals surface area contributed by atoms with Crippen LogP contribution in [0.4, 0.5) is 5.82 Å². The number of aromatic nitrogens is 1. The minimum Gasteiger partial charge on any atom is -0.301 e. The van der Waals surface area contributed by atoms with Crippen LogP contribution in [0.5, 0.6) is 0 Å². The number of hydrogen-bond acceptors (Lipinski definition) is 3. The maximum Gasteiger partial charge on any atom is 0.228 e. The molecule has 0 radical (unpaired) electrons. The van der Waals surface area contributed by atoms with Crippen LogP contribution in [-0.4, -0.2) is 41.5 Å². The summed E-state index contributed by atoms with van der Waals surface area (Å²) >= 11 is 0. The van der Waals surface area contributed by atoms with E-state index >= 15 is 0 Å². The maximum atomic E-state index is 12.4. The first-order valence-corrected chi connectivity index (χ1v) is 8.62. The summed E-state index contributed by atoms with van der Waals surface area (Å²) in [6.07, 6.45) is 6.49. The fourth-order valence-corrected chi connectivity index (χ4v) is 4.19. The predicted molar refractivity (Wildman–Crippen MR) is 88.7 cm³/mol. The van der Waals surface area contributed by atoms with E-state index in [1.165, 1.54) is 32.4 Å². The molecule has 0 N–H and O–H groups in total. The standard InChI is InChI=1S/C18H27N3O/c1-3-18(22)21(17-6-4-5-9-19-17)14(2)11-20-12-15-7-8-16(10-15)13-20/h4-6,9,14-16H,3,7-8,10-13H2,1-2H3. The molecule has 2 aliphatic rings. The van der Waals surface area contributed by atoms with Crippen LogP contribution in [0.2, 0.25) is 0 Å². The Bertz CT molecular complexity index is 492. The van der Waals surface area contributed by atoms with E-state index < -0.39 is 0 Å². The Kier molecular flexibility index (Phi) is 4.77. The van der Waals surface area contributed by atoms with Gasteiger partial charge >= 0.3 is 0 Å². The second-order valence-corrected chi connectivity index (χ2v) is 6.92.